The molecule has 28 heavy (non-hydrogen) atoms. The number of fused-ring (bicyclic) bond motifs is 2. The van der Waals surface area contributed by atoms with Crippen LogP contribution < -0.4 is 11.0 Å². The number of carbonyl (C=O) groups excluding carboxylic acids is 1. The van der Waals surface area contributed by atoms with Gasteiger partial charge in [-0.1, -0.05) is 32.0 Å². The van der Waals surface area contributed by atoms with Gasteiger partial charge in [0.05, 0.1) is 5.60 Å². The first-order chi connectivity index (χ1) is 13.4. The lowest BCUT2D eigenvalue weighted by Crippen LogP contribution is -2.42. The highest BCUT2D eigenvalue weighted by atomic mass is 16.6. The maximum atomic E-state index is 12.8. The molecule has 2 fully saturated rings. The SMILES string of the molecule is CC[C@@]12CCOC([C@H](n3cc(C)c(NC(=O)c4ccccc4)nc3=O)O1)[C@H]2C. The minimum Gasteiger partial charge on any atom is -0.373 e. The summed E-state index contributed by atoms with van der Waals surface area (Å²) in [4.78, 5) is 29.2. The van der Waals surface area contributed by atoms with Crippen LogP contribution in [0.5, 0.6) is 0 Å². The molecule has 1 aromatic carbocycles. The summed E-state index contributed by atoms with van der Waals surface area (Å²) in [6.45, 7) is 6.67. The average molecular weight is 383 g/mol. The van der Waals surface area contributed by atoms with Crippen molar-refractivity contribution in [2.45, 2.75) is 51.5 Å². The molecule has 7 nitrogen and oxygen atoms in total. The van der Waals surface area contributed by atoms with Crippen LogP contribution in [0.3, 0.4) is 0 Å². The summed E-state index contributed by atoms with van der Waals surface area (Å²) in [5.74, 6) is 0.152. The van der Waals surface area contributed by atoms with Gasteiger partial charge in [0.1, 0.15) is 11.9 Å². The molecule has 1 unspecified atom stereocenters. The molecule has 1 amide bonds. The molecule has 0 aliphatic carbocycles. The van der Waals surface area contributed by atoms with Crippen LogP contribution >= 0.6 is 0 Å². The second kappa shape index (κ2) is 7.14. The van der Waals surface area contributed by atoms with Crippen LogP contribution in [0.15, 0.2) is 41.3 Å². The van der Waals surface area contributed by atoms with Gasteiger partial charge < -0.3 is 14.8 Å². The number of ether oxygens (including phenoxy) is 2. The Balaban J connectivity index is 1.62. The highest BCUT2D eigenvalue weighted by Gasteiger charge is 2.55. The maximum Gasteiger partial charge on any atom is 0.351 e. The van der Waals surface area contributed by atoms with Crippen molar-refractivity contribution >= 4 is 11.7 Å². The van der Waals surface area contributed by atoms with E-state index in [1.165, 1.54) is 4.57 Å². The van der Waals surface area contributed by atoms with Gasteiger partial charge in [0.25, 0.3) is 5.91 Å². The van der Waals surface area contributed by atoms with E-state index in [4.69, 9.17) is 9.47 Å². The van der Waals surface area contributed by atoms with E-state index < -0.39 is 11.9 Å². The van der Waals surface area contributed by atoms with E-state index in [9.17, 15) is 9.59 Å². The molecule has 2 saturated heterocycles. The van der Waals surface area contributed by atoms with Crippen molar-refractivity contribution in [2.75, 3.05) is 11.9 Å². The monoisotopic (exact) mass is 383 g/mol. The average Bonchev–Trinajstić information content (AvgIpc) is 2.86. The molecule has 2 aromatic rings. The summed E-state index contributed by atoms with van der Waals surface area (Å²) in [5, 5.41) is 2.72. The normalized spacial score (nSPS) is 28.9. The summed E-state index contributed by atoms with van der Waals surface area (Å²) in [5.41, 5.74) is 0.467. The van der Waals surface area contributed by atoms with E-state index in [1.807, 2.05) is 13.0 Å². The van der Waals surface area contributed by atoms with Crippen molar-refractivity contribution in [3.05, 3.63) is 58.1 Å². The summed E-state index contributed by atoms with van der Waals surface area (Å²) in [6.07, 6.45) is 2.70. The highest BCUT2D eigenvalue weighted by Crippen LogP contribution is 2.49. The zero-order valence-electron chi connectivity index (χ0n) is 16.3. The fourth-order valence-electron chi connectivity index (χ4n) is 4.28. The fraction of sp³-hybridized carbons (Fsp3) is 0.476. The van der Waals surface area contributed by atoms with E-state index >= 15 is 0 Å². The fourth-order valence-corrected chi connectivity index (χ4v) is 4.28. The van der Waals surface area contributed by atoms with E-state index in [0.29, 0.717) is 17.7 Å². The van der Waals surface area contributed by atoms with Crippen LogP contribution in [0.2, 0.25) is 0 Å². The van der Waals surface area contributed by atoms with Gasteiger partial charge in [-0.3, -0.25) is 9.36 Å². The number of aromatic nitrogens is 2. The van der Waals surface area contributed by atoms with Crippen molar-refractivity contribution in [3.63, 3.8) is 0 Å². The Hall–Kier alpha value is -2.51. The second-order valence-corrected chi connectivity index (χ2v) is 7.58. The first kappa shape index (κ1) is 18.8. The number of nitrogens with zero attached hydrogens (tertiary/aromatic N) is 2. The number of hydrogen-bond donors (Lipinski definition) is 1. The number of amides is 1. The number of aryl methyl sites for hydroxylation is 1. The Morgan fingerprint density at radius 3 is 2.79 bits per heavy atom. The molecule has 1 N–H and O–H groups in total. The van der Waals surface area contributed by atoms with Crippen LogP contribution in [0, 0.1) is 12.8 Å². The van der Waals surface area contributed by atoms with Crippen molar-refractivity contribution in [3.8, 4) is 0 Å². The lowest BCUT2D eigenvalue weighted by atomic mass is 9.81. The van der Waals surface area contributed by atoms with Crippen LogP contribution in [-0.4, -0.2) is 33.8 Å². The quantitative estimate of drug-likeness (QED) is 0.878. The lowest BCUT2D eigenvalue weighted by Gasteiger charge is -2.35. The van der Waals surface area contributed by atoms with Gasteiger partial charge in [-0.2, -0.15) is 4.98 Å². The van der Waals surface area contributed by atoms with Gasteiger partial charge in [0, 0.05) is 36.3 Å². The molecule has 0 radical (unpaired) electrons. The molecular formula is C21H25N3O4. The molecule has 3 heterocycles. The molecule has 4 rings (SSSR count). The van der Waals surface area contributed by atoms with Crippen LogP contribution in [0.25, 0.3) is 0 Å². The van der Waals surface area contributed by atoms with E-state index in [-0.39, 0.29) is 29.3 Å². The molecular weight excluding hydrogens is 358 g/mol. The van der Waals surface area contributed by atoms with Gasteiger partial charge in [-0.05, 0) is 25.5 Å². The first-order valence-electron chi connectivity index (χ1n) is 9.71. The Bertz CT molecular complexity index is 942. The van der Waals surface area contributed by atoms with Crippen LogP contribution in [0.4, 0.5) is 5.82 Å². The van der Waals surface area contributed by atoms with Crippen molar-refractivity contribution in [1.29, 1.82) is 0 Å². The highest BCUT2D eigenvalue weighted by molar-refractivity contribution is 6.03. The van der Waals surface area contributed by atoms with Crippen molar-refractivity contribution in [1.82, 2.24) is 9.55 Å². The van der Waals surface area contributed by atoms with Crippen LogP contribution in [-0.2, 0) is 9.47 Å². The van der Waals surface area contributed by atoms with E-state index in [1.54, 1.807) is 30.5 Å². The predicted molar refractivity (Wildman–Crippen MR) is 104 cm³/mol. The van der Waals surface area contributed by atoms with Gasteiger partial charge in [-0.25, -0.2) is 4.79 Å². The zero-order chi connectivity index (χ0) is 19.9. The second-order valence-electron chi connectivity index (χ2n) is 7.58. The van der Waals surface area contributed by atoms with Crippen molar-refractivity contribution in [2.24, 2.45) is 5.92 Å². The Labute approximate surface area is 163 Å². The third-order valence-electron chi connectivity index (χ3n) is 6.07. The molecule has 2 aliphatic rings. The molecule has 0 spiro atoms. The van der Waals surface area contributed by atoms with Gasteiger partial charge >= 0.3 is 5.69 Å². The number of hydrogen-bond acceptors (Lipinski definition) is 5. The first-order valence-corrected chi connectivity index (χ1v) is 9.71. The van der Waals surface area contributed by atoms with E-state index in [0.717, 1.165) is 12.8 Å². The smallest absolute Gasteiger partial charge is 0.351 e. The molecule has 148 valence electrons. The number of benzene rings is 1. The Morgan fingerprint density at radius 2 is 2.11 bits per heavy atom. The van der Waals surface area contributed by atoms with E-state index in [2.05, 4.69) is 24.1 Å². The van der Waals surface area contributed by atoms with Gasteiger partial charge in [0.15, 0.2) is 6.23 Å². The molecule has 0 saturated carbocycles. The molecule has 7 heteroatoms. The van der Waals surface area contributed by atoms with Crippen LogP contribution in [0.1, 0.15) is 48.8 Å². The number of rotatable bonds is 4. The standard InChI is InChI=1S/C21H25N3O4/c1-4-21-10-11-27-16(14(21)3)19(28-21)24-12-13(2)17(23-20(24)26)22-18(25)15-8-6-5-7-9-15/h5-9,12,14,16,19H,4,10-11H2,1-3H3,(H,22,23,25,26)/t14-,16?,19-,21+/m1/s1. The third-order valence-corrected chi connectivity index (χ3v) is 6.07. The number of carbonyl (C=O) groups is 1. The summed E-state index contributed by atoms with van der Waals surface area (Å²) in [7, 11) is 0. The molecule has 2 bridgehead atoms. The molecule has 2 aliphatic heterocycles. The van der Waals surface area contributed by atoms with Crippen molar-refractivity contribution < 1.29 is 14.3 Å². The van der Waals surface area contributed by atoms with Gasteiger partial charge in [0.2, 0.25) is 0 Å². The Kier molecular flexibility index (Phi) is 4.81. The minimum absolute atomic E-state index is 0.183. The summed E-state index contributed by atoms with van der Waals surface area (Å²) < 4.78 is 13.8. The topological polar surface area (TPSA) is 82.5 Å². The molecule has 1 aromatic heterocycles. The lowest BCUT2D eigenvalue weighted by molar-refractivity contribution is -0.0879. The molecule has 4 atom stereocenters. The zero-order valence-corrected chi connectivity index (χ0v) is 16.3. The largest absolute Gasteiger partial charge is 0.373 e. The maximum absolute atomic E-state index is 12.8. The number of anilines is 1. The van der Waals surface area contributed by atoms with Gasteiger partial charge in [-0.15, -0.1) is 0 Å². The third kappa shape index (κ3) is 3.04. The summed E-state index contributed by atoms with van der Waals surface area (Å²) in [6, 6.07) is 8.83. The predicted octanol–water partition coefficient (Wildman–Crippen LogP) is 2.91. The Morgan fingerprint density at radius 1 is 1.36 bits per heavy atom. The number of nitrogens with one attached hydrogen (secondary N) is 1. The summed E-state index contributed by atoms with van der Waals surface area (Å²) >= 11 is 0. The minimum atomic E-state index is -0.505.